The zero-order chi connectivity index (χ0) is 12.4. The summed E-state index contributed by atoms with van der Waals surface area (Å²) in [6.45, 7) is 8.78. The fourth-order valence-corrected chi connectivity index (χ4v) is 1.57. The molecule has 0 aliphatic carbocycles. The van der Waals surface area contributed by atoms with Crippen molar-refractivity contribution in [2.24, 2.45) is 16.6 Å². The Kier molecular flexibility index (Phi) is 8.97. The topological polar surface area (TPSA) is 38.4 Å². The summed E-state index contributed by atoms with van der Waals surface area (Å²) in [7, 11) is 0. The molecule has 2 atom stereocenters. The number of rotatable bonds is 8. The van der Waals surface area contributed by atoms with Gasteiger partial charge in [-0.25, -0.2) is 0 Å². The van der Waals surface area contributed by atoms with E-state index in [0.29, 0.717) is 6.04 Å². The maximum absolute atomic E-state index is 5.42. The second-order valence-corrected chi connectivity index (χ2v) is 4.72. The van der Waals surface area contributed by atoms with Gasteiger partial charge in [-0.05, 0) is 43.9 Å². The zero-order valence-corrected chi connectivity index (χ0v) is 11.4. The van der Waals surface area contributed by atoms with E-state index < -0.39 is 0 Å². The van der Waals surface area contributed by atoms with Crippen molar-refractivity contribution in [3.63, 3.8) is 0 Å². The van der Waals surface area contributed by atoms with E-state index in [9.17, 15) is 0 Å². The van der Waals surface area contributed by atoms with E-state index in [-0.39, 0.29) is 0 Å². The van der Waals surface area contributed by atoms with Gasteiger partial charge in [0.05, 0.1) is 0 Å². The number of hydrogen-bond acceptors (Lipinski definition) is 2. The van der Waals surface area contributed by atoms with E-state index in [1.54, 1.807) is 6.20 Å². The molecule has 0 aliphatic heterocycles. The maximum atomic E-state index is 5.42. The highest BCUT2D eigenvalue weighted by molar-refractivity contribution is 5.77. The van der Waals surface area contributed by atoms with Gasteiger partial charge in [0.15, 0.2) is 0 Å². The van der Waals surface area contributed by atoms with Gasteiger partial charge in [-0.1, -0.05) is 33.6 Å². The first-order valence-electron chi connectivity index (χ1n) is 6.55. The molecular formula is C14H28N2. The fourth-order valence-electron chi connectivity index (χ4n) is 1.57. The van der Waals surface area contributed by atoms with Crippen LogP contribution in [0.5, 0.6) is 0 Å². The molecule has 2 nitrogen and oxygen atoms in total. The molecule has 2 N–H and O–H groups in total. The van der Waals surface area contributed by atoms with Crippen LogP contribution >= 0.6 is 0 Å². The maximum Gasteiger partial charge on any atom is 0.0499 e. The van der Waals surface area contributed by atoms with Crippen LogP contribution in [0, 0.1) is 5.92 Å². The highest BCUT2D eigenvalue weighted by atomic mass is 14.8. The van der Waals surface area contributed by atoms with Crippen molar-refractivity contribution in [3.05, 3.63) is 11.8 Å². The second kappa shape index (κ2) is 9.44. The van der Waals surface area contributed by atoms with Crippen molar-refractivity contribution in [1.29, 1.82) is 0 Å². The molecule has 0 aromatic rings. The van der Waals surface area contributed by atoms with Crippen molar-refractivity contribution in [3.8, 4) is 0 Å². The van der Waals surface area contributed by atoms with Crippen molar-refractivity contribution in [2.45, 2.75) is 65.8 Å². The molecule has 0 spiro atoms. The molecule has 0 aliphatic rings. The summed E-state index contributed by atoms with van der Waals surface area (Å²) < 4.78 is 0. The number of hydrogen-bond donors (Lipinski definition) is 1. The normalized spacial score (nSPS) is 16.6. The molecule has 0 aromatic heterocycles. The van der Waals surface area contributed by atoms with Crippen LogP contribution in [-0.4, -0.2) is 12.3 Å². The third kappa shape index (κ3) is 7.49. The first-order chi connectivity index (χ1) is 7.63. The molecule has 0 amide bonds. The molecule has 94 valence electrons. The molecule has 0 radical (unpaired) electrons. The standard InChI is InChI=1S/C14H28N2/c1-5-7-14(9-8-12(3)6-2)16-11-13(4)10-15/h10-12,14H,5-9,15H2,1-4H3/b13-10-,16-11?. The third-order valence-corrected chi connectivity index (χ3v) is 3.06. The summed E-state index contributed by atoms with van der Waals surface area (Å²) in [5.41, 5.74) is 6.47. The quantitative estimate of drug-likeness (QED) is 0.624. The minimum atomic E-state index is 0.480. The van der Waals surface area contributed by atoms with Crippen LogP contribution in [0.3, 0.4) is 0 Å². The number of aliphatic imine (C=N–C) groups is 1. The first kappa shape index (κ1) is 15.2. The SMILES string of the molecule is CCCC(CCC(C)CC)N=C/C(C)=C\N. The van der Waals surface area contributed by atoms with Gasteiger partial charge in [0.25, 0.3) is 0 Å². The Morgan fingerprint density at radius 3 is 2.44 bits per heavy atom. The lowest BCUT2D eigenvalue weighted by atomic mass is 9.97. The Bertz CT molecular complexity index is 219. The summed E-state index contributed by atoms with van der Waals surface area (Å²) >= 11 is 0. The molecule has 0 saturated carbocycles. The molecule has 2 heteroatoms. The molecule has 0 heterocycles. The lowest BCUT2D eigenvalue weighted by Gasteiger charge is -2.14. The molecule has 0 rings (SSSR count). The molecule has 0 fully saturated rings. The lowest BCUT2D eigenvalue weighted by molar-refractivity contribution is 0.445. The van der Waals surface area contributed by atoms with Crippen LogP contribution in [0.2, 0.25) is 0 Å². The van der Waals surface area contributed by atoms with E-state index in [2.05, 4.69) is 25.8 Å². The zero-order valence-electron chi connectivity index (χ0n) is 11.4. The highest BCUT2D eigenvalue weighted by Crippen LogP contribution is 2.16. The highest BCUT2D eigenvalue weighted by Gasteiger charge is 2.07. The van der Waals surface area contributed by atoms with E-state index in [0.717, 1.165) is 11.5 Å². The summed E-state index contributed by atoms with van der Waals surface area (Å²) in [4.78, 5) is 4.62. The van der Waals surface area contributed by atoms with Gasteiger partial charge >= 0.3 is 0 Å². The molecule has 16 heavy (non-hydrogen) atoms. The predicted molar refractivity (Wildman–Crippen MR) is 73.8 cm³/mol. The molecule has 0 saturated heterocycles. The van der Waals surface area contributed by atoms with Gasteiger partial charge < -0.3 is 5.73 Å². The largest absolute Gasteiger partial charge is 0.404 e. The van der Waals surface area contributed by atoms with Crippen molar-refractivity contribution >= 4 is 6.21 Å². The summed E-state index contributed by atoms with van der Waals surface area (Å²) in [6, 6.07) is 0.480. The number of allylic oxidation sites excluding steroid dienone is 1. The Balaban J connectivity index is 4.11. The Morgan fingerprint density at radius 1 is 1.25 bits per heavy atom. The monoisotopic (exact) mass is 224 g/mol. The Hall–Kier alpha value is -0.790. The van der Waals surface area contributed by atoms with Gasteiger partial charge in [0.2, 0.25) is 0 Å². The smallest absolute Gasteiger partial charge is 0.0499 e. The summed E-state index contributed by atoms with van der Waals surface area (Å²) in [5, 5.41) is 0. The molecule has 2 unspecified atom stereocenters. The van der Waals surface area contributed by atoms with E-state index in [4.69, 9.17) is 5.73 Å². The van der Waals surface area contributed by atoms with Crippen molar-refractivity contribution < 1.29 is 0 Å². The van der Waals surface area contributed by atoms with Crippen LogP contribution in [-0.2, 0) is 0 Å². The van der Waals surface area contributed by atoms with Crippen LogP contribution in [0.4, 0.5) is 0 Å². The van der Waals surface area contributed by atoms with Gasteiger partial charge in [-0.2, -0.15) is 0 Å². The summed E-state index contributed by atoms with van der Waals surface area (Å²) in [5.74, 6) is 0.820. The van der Waals surface area contributed by atoms with Crippen LogP contribution in [0.1, 0.15) is 59.8 Å². The minimum absolute atomic E-state index is 0.480. The van der Waals surface area contributed by atoms with E-state index in [1.165, 1.54) is 32.1 Å². The average molecular weight is 224 g/mol. The second-order valence-electron chi connectivity index (χ2n) is 4.72. The fraction of sp³-hybridized carbons (Fsp3) is 0.786. The van der Waals surface area contributed by atoms with Crippen LogP contribution < -0.4 is 5.73 Å². The summed E-state index contributed by atoms with van der Waals surface area (Å²) in [6.07, 6.45) is 9.67. The van der Waals surface area contributed by atoms with Gasteiger partial charge in [0, 0.05) is 12.3 Å². The lowest BCUT2D eigenvalue weighted by Crippen LogP contribution is -2.07. The predicted octanol–water partition coefficient (Wildman–Crippen LogP) is 3.91. The third-order valence-electron chi connectivity index (χ3n) is 3.06. The van der Waals surface area contributed by atoms with Crippen LogP contribution in [0.15, 0.2) is 16.8 Å². The molecule has 0 aromatic carbocycles. The molecule has 0 bridgehead atoms. The van der Waals surface area contributed by atoms with Crippen LogP contribution in [0.25, 0.3) is 0 Å². The van der Waals surface area contributed by atoms with E-state index >= 15 is 0 Å². The van der Waals surface area contributed by atoms with Crippen molar-refractivity contribution in [1.82, 2.24) is 0 Å². The van der Waals surface area contributed by atoms with Gasteiger partial charge in [-0.3, -0.25) is 4.99 Å². The first-order valence-corrected chi connectivity index (χ1v) is 6.55. The Labute approximate surface area is 101 Å². The van der Waals surface area contributed by atoms with Gasteiger partial charge in [-0.15, -0.1) is 0 Å². The molecular weight excluding hydrogens is 196 g/mol. The van der Waals surface area contributed by atoms with E-state index in [1.807, 2.05) is 13.1 Å². The number of nitrogens with two attached hydrogens (primary N) is 1. The minimum Gasteiger partial charge on any atom is -0.404 e. The number of nitrogens with zero attached hydrogens (tertiary/aromatic N) is 1. The Morgan fingerprint density at radius 2 is 1.94 bits per heavy atom. The van der Waals surface area contributed by atoms with Crippen molar-refractivity contribution in [2.75, 3.05) is 0 Å². The van der Waals surface area contributed by atoms with Gasteiger partial charge in [0.1, 0.15) is 0 Å². The average Bonchev–Trinajstić information content (AvgIpc) is 2.31.